The minimum atomic E-state index is 0.389. The Hall–Kier alpha value is -0.360. The summed E-state index contributed by atoms with van der Waals surface area (Å²) in [4.78, 5) is 4.40. The van der Waals surface area contributed by atoms with Gasteiger partial charge in [-0.05, 0) is 13.3 Å². The lowest BCUT2D eigenvalue weighted by molar-refractivity contribution is 0.421. The van der Waals surface area contributed by atoms with Crippen LogP contribution in [-0.2, 0) is 0 Å². The van der Waals surface area contributed by atoms with Gasteiger partial charge in [-0.1, -0.05) is 12.1 Å². The van der Waals surface area contributed by atoms with Crippen molar-refractivity contribution in [3.63, 3.8) is 0 Å². The van der Waals surface area contributed by atoms with Crippen LogP contribution in [0.4, 0.5) is 6.01 Å². The second-order valence-corrected chi connectivity index (χ2v) is 6.19. The fraction of sp³-hybridized carbons (Fsp3) is 0.800. The molecule has 1 fully saturated rings. The fourth-order valence-corrected chi connectivity index (χ4v) is 4.70. The average molecular weight is 259 g/mol. The van der Waals surface area contributed by atoms with E-state index >= 15 is 0 Å². The molecule has 0 amide bonds. The van der Waals surface area contributed by atoms with Crippen LogP contribution in [0.1, 0.15) is 31.3 Å². The number of nitrogens with zero attached hydrogens (tertiary/aromatic N) is 2. The van der Waals surface area contributed by atoms with Crippen molar-refractivity contribution in [3.05, 3.63) is 5.82 Å². The molecule has 1 aliphatic rings. The van der Waals surface area contributed by atoms with Crippen molar-refractivity contribution in [1.82, 2.24) is 10.1 Å². The summed E-state index contributed by atoms with van der Waals surface area (Å²) < 4.78 is 5.16. The highest BCUT2D eigenvalue weighted by Crippen LogP contribution is 2.42. The highest BCUT2D eigenvalue weighted by molar-refractivity contribution is 8.06. The highest BCUT2D eigenvalue weighted by Gasteiger charge is 2.30. The Labute approximate surface area is 104 Å². The molecule has 0 aliphatic carbocycles. The molecule has 0 aromatic carbocycles. The van der Waals surface area contributed by atoms with Crippen LogP contribution in [-0.4, -0.2) is 33.4 Å². The van der Waals surface area contributed by atoms with E-state index in [1.165, 1.54) is 11.5 Å². The topological polar surface area (TPSA) is 51.0 Å². The third-order valence-electron chi connectivity index (χ3n) is 2.48. The van der Waals surface area contributed by atoms with Crippen LogP contribution in [0.25, 0.3) is 0 Å². The van der Waals surface area contributed by atoms with Crippen LogP contribution in [0.15, 0.2) is 4.52 Å². The number of hydrogen-bond acceptors (Lipinski definition) is 6. The van der Waals surface area contributed by atoms with E-state index in [0.29, 0.717) is 16.5 Å². The summed E-state index contributed by atoms with van der Waals surface area (Å²) in [6.07, 6.45) is 1.16. The molecule has 2 atom stereocenters. The Morgan fingerprint density at radius 1 is 1.38 bits per heavy atom. The van der Waals surface area contributed by atoms with Gasteiger partial charge in [0.25, 0.3) is 0 Å². The number of hydrogen-bond donors (Lipinski definition) is 1. The van der Waals surface area contributed by atoms with E-state index < -0.39 is 0 Å². The van der Waals surface area contributed by atoms with Gasteiger partial charge in [0.2, 0.25) is 0 Å². The van der Waals surface area contributed by atoms with E-state index in [-0.39, 0.29) is 0 Å². The molecule has 1 aromatic rings. The Morgan fingerprint density at radius 2 is 2.19 bits per heavy atom. The fourth-order valence-electron chi connectivity index (χ4n) is 1.72. The van der Waals surface area contributed by atoms with Crippen molar-refractivity contribution >= 4 is 29.5 Å². The first-order valence-corrected chi connectivity index (χ1v) is 7.75. The summed E-state index contributed by atoms with van der Waals surface area (Å²) in [6.45, 7) is 5.05. The van der Waals surface area contributed by atoms with Gasteiger partial charge in [0.15, 0.2) is 5.82 Å². The van der Waals surface area contributed by atoms with Crippen LogP contribution in [0.3, 0.4) is 0 Å². The molecule has 1 aliphatic heterocycles. The number of thioether (sulfide) groups is 2. The monoisotopic (exact) mass is 259 g/mol. The van der Waals surface area contributed by atoms with Gasteiger partial charge in [-0.15, -0.1) is 11.8 Å². The molecule has 2 unspecified atom stereocenters. The number of aromatic nitrogens is 2. The van der Waals surface area contributed by atoms with Crippen molar-refractivity contribution in [3.8, 4) is 0 Å². The van der Waals surface area contributed by atoms with Gasteiger partial charge in [-0.2, -0.15) is 16.7 Å². The quantitative estimate of drug-likeness (QED) is 0.897. The predicted octanol–water partition coefficient (Wildman–Crippen LogP) is 2.80. The Balaban J connectivity index is 2.08. The van der Waals surface area contributed by atoms with Crippen molar-refractivity contribution in [2.75, 3.05) is 23.4 Å². The first-order chi connectivity index (χ1) is 7.85. The summed E-state index contributed by atoms with van der Waals surface area (Å²) in [7, 11) is 0. The standard InChI is InChI=1S/C10H17N3OS2/c1-3-7-8(16-6-5-15-7)9-12-10(11-4-2)14-13-9/h7-8H,3-6H2,1-2H3,(H,11,12,13). The van der Waals surface area contributed by atoms with Gasteiger partial charge < -0.3 is 9.84 Å². The second kappa shape index (κ2) is 5.82. The van der Waals surface area contributed by atoms with Gasteiger partial charge in [0, 0.05) is 23.3 Å². The maximum Gasteiger partial charge on any atom is 0.321 e. The van der Waals surface area contributed by atoms with Crippen molar-refractivity contribution in [2.45, 2.75) is 30.8 Å². The SMILES string of the molecule is CCNc1nc(C2SCCSC2CC)no1. The van der Waals surface area contributed by atoms with E-state index in [0.717, 1.165) is 18.8 Å². The Bertz CT molecular complexity index is 332. The Morgan fingerprint density at radius 3 is 2.94 bits per heavy atom. The molecule has 0 saturated carbocycles. The van der Waals surface area contributed by atoms with Gasteiger partial charge in [-0.25, -0.2) is 0 Å². The minimum absolute atomic E-state index is 0.389. The van der Waals surface area contributed by atoms with Crippen molar-refractivity contribution < 1.29 is 4.52 Å². The molecule has 2 heterocycles. The molecule has 0 spiro atoms. The van der Waals surface area contributed by atoms with Crippen molar-refractivity contribution in [2.24, 2.45) is 0 Å². The zero-order chi connectivity index (χ0) is 11.4. The van der Waals surface area contributed by atoms with E-state index in [2.05, 4.69) is 22.4 Å². The summed E-state index contributed by atoms with van der Waals surface area (Å²) in [5.41, 5.74) is 0. The van der Waals surface area contributed by atoms with E-state index in [4.69, 9.17) is 4.52 Å². The first-order valence-electron chi connectivity index (χ1n) is 5.65. The van der Waals surface area contributed by atoms with Crippen LogP contribution in [0, 0.1) is 0 Å². The van der Waals surface area contributed by atoms with Gasteiger partial charge in [0.05, 0.1) is 5.25 Å². The van der Waals surface area contributed by atoms with Crippen LogP contribution < -0.4 is 5.32 Å². The lowest BCUT2D eigenvalue weighted by Crippen LogP contribution is -2.19. The van der Waals surface area contributed by atoms with E-state index in [9.17, 15) is 0 Å². The molecule has 1 N–H and O–H groups in total. The molecular formula is C10H17N3OS2. The number of anilines is 1. The Kier molecular flexibility index (Phi) is 4.40. The normalized spacial score (nSPS) is 25.6. The maximum absolute atomic E-state index is 5.16. The minimum Gasteiger partial charge on any atom is -0.338 e. The summed E-state index contributed by atoms with van der Waals surface area (Å²) in [5.74, 6) is 3.26. The van der Waals surface area contributed by atoms with Gasteiger partial charge in [0.1, 0.15) is 0 Å². The van der Waals surface area contributed by atoms with E-state index in [1.54, 1.807) is 0 Å². The zero-order valence-electron chi connectivity index (χ0n) is 9.60. The summed E-state index contributed by atoms with van der Waals surface area (Å²) in [5, 5.41) is 8.12. The average Bonchev–Trinajstić information content (AvgIpc) is 2.78. The van der Waals surface area contributed by atoms with E-state index in [1.807, 2.05) is 30.4 Å². The second-order valence-electron chi connectivity index (χ2n) is 3.60. The first kappa shape index (κ1) is 12.1. The molecule has 6 heteroatoms. The maximum atomic E-state index is 5.16. The van der Waals surface area contributed by atoms with Gasteiger partial charge >= 0.3 is 6.01 Å². The molecule has 0 bridgehead atoms. The highest BCUT2D eigenvalue weighted by atomic mass is 32.2. The third kappa shape index (κ3) is 2.66. The molecular weight excluding hydrogens is 242 g/mol. The summed E-state index contributed by atoms with van der Waals surface area (Å²) >= 11 is 3.97. The van der Waals surface area contributed by atoms with Gasteiger partial charge in [-0.3, -0.25) is 0 Å². The van der Waals surface area contributed by atoms with Crippen molar-refractivity contribution in [1.29, 1.82) is 0 Å². The molecule has 4 nitrogen and oxygen atoms in total. The molecule has 1 saturated heterocycles. The largest absolute Gasteiger partial charge is 0.338 e. The number of rotatable bonds is 4. The summed E-state index contributed by atoms with van der Waals surface area (Å²) in [6, 6.07) is 0.545. The molecule has 1 aromatic heterocycles. The predicted molar refractivity (Wildman–Crippen MR) is 70.2 cm³/mol. The van der Waals surface area contributed by atoms with Crippen LogP contribution in [0.5, 0.6) is 0 Å². The molecule has 0 radical (unpaired) electrons. The number of nitrogens with one attached hydrogen (secondary N) is 1. The van der Waals surface area contributed by atoms with Crippen LogP contribution >= 0.6 is 23.5 Å². The lowest BCUT2D eigenvalue weighted by atomic mass is 10.2. The molecule has 16 heavy (non-hydrogen) atoms. The molecule has 90 valence electrons. The zero-order valence-corrected chi connectivity index (χ0v) is 11.2. The molecule has 2 rings (SSSR count). The smallest absolute Gasteiger partial charge is 0.321 e. The third-order valence-corrected chi connectivity index (χ3v) is 5.72. The lowest BCUT2D eigenvalue weighted by Gasteiger charge is -2.27. The van der Waals surface area contributed by atoms with Crippen LogP contribution in [0.2, 0.25) is 0 Å².